The lowest BCUT2D eigenvalue weighted by Gasteiger charge is -2.04. The van der Waals surface area contributed by atoms with E-state index in [9.17, 15) is 4.79 Å². The molecule has 4 nitrogen and oxygen atoms in total. The molecule has 0 saturated carbocycles. The van der Waals surface area contributed by atoms with Crippen LogP contribution in [0.4, 0.5) is 5.69 Å². The number of fused-ring (bicyclic) bond motifs is 2. The minimum absolute atomic E-state index is 0.131. The van der Waals surface area contributed by atoms with Gasteiger partial charge in [-0.3, -0.25) is 4.79 Å². The Bertz CT molecular complexity index is 1080. The summed E-state index contributed by atoms with van der Waals surface area (Å²) in [7, 11) is 1.61. The highest BCUT2D eigenvalue weighted by molar-refractivity contribution is 7.20. The number of hydrogen-bond acceptors (Lipinski definition) is 4. The van der Waals surface area contributed by atoms with Gasteiger partial charge in [0.15, 0.2) is 0 Å². The van der Waals surface area contributed by atoms with Gasteiger partial charge in [-0.15, -0.1) is 11.3 Å². The molecule has 0 spiro atoms. The van der Waals surface area contributed by atoms with Crippen molar-refractivity contribution in [2.24, 2.45) is 0 Å². The molecule has 25 heavy (non-hydrogen) atoms. The van der Waals surface area contributed by atoms with Crippen molar-refractivity contribution in [3.8, 4) is 5.75 Å². The van der Waals surface area contributed by atoms with Crippen LogP contribution in [-0.2, 0) is 0 Å². The number of aryl methyl sites for hydroxylation is 1. The molecule has 124 valence electrons. The summed E-state index contributed by atoms with van der Waals surface area (Å²) >= 11 is 1.40. The molecule has 2 aromatic heterocycles. The second-order valence-electron chi connectivity index (χ2n) is 5.87. The monoisotopic (exact) mass is 348 g/mol. The molecule has 2 aromatic carbocycles. The van der Waals surface area contributed by atoms with Crippen LogP contribution in [-0.4, -0.2) is 18.0 Å². The molecule has 0 aliphatic heterocycles. The average molecular weight is 348 g/mol. The number of aromatic nitrogens is 1. The van der Waals surface area contributed by atoms with Crippen molar-refractivity contribution in [2.75, 3.05) is 12.4 Å². The summed E-state index contributed by atoms with van der Waals surface area (Å²) < 4.78 is 5.13. The van der Waals surface area contributed by atoms with Gasteiger partial charge in [-0.1, -0.05) is 11.6 Å². The van der Waals surface area contributed by atoms with E-state index in [2.05, 4.69) is 29.4 Å². The maximum atomic E-state index is 12.5. The predicted octanol–water partition coefficient (Wildman–Crippen LogP) is 5.02. The molecule has 0 aliphatic carbocycles. The number of nitrogens with zero attached hydrogens (tertiary/aromatic N) is 1. The molecule has 0 atom stereocenters. The minimum Gasteiger partial charge on any atom is -0.497 e. The van der Waals surface area contributed by atoms with Crippen LogP contribution < -0.4 is 10.1 Å². The second-order valence-corrected chi connectivity index (χ2v) is 6.90. The Kier molecular flexibility index (Phi) is 3.86. The van der Waals surface area contributed by atoms with Gasteiger partial charge in [0.1, 0.15) is 10.6 Å². The van der Waals surface area contributed by atoms with Crippen LogP contribution in [0.25, 0.3) is 21.1 Å². The van der Waals surface area contributed by atoms with E-state index in [4.69, 9.17) is 4.74 Å². The first-order valence-corrected chi connectivity index (χ1v) is 8.70. The number of carbonyl (C=O) groups is 1. The number of thiophene rings is 1. The molecular weight excluding hydrogens is 332 g/mol. The molecule has 1 amide bonds. The van der Waals surface area contributed by atoms with E-state index in [0.717, 1.165) is 32.6 Å². The number of pyridine rings is 1. The number of benzene rings is 2. The second kappa shape index (κ2) is 6.18. The zero-order valence-corrected chi connectivity index (χ0v) is 14.7. The number of hydrogen-bond donors (Lipinski definition) is 1. The van der Waals surface area contributed by atoms with E-state index in [1.165, 1.54) is 16.9 Å². The molecule has 0 fully saturated rings. The molecule has 0 aliphatic rings. The molecule has 0 saturated heterocycles. The average Bonchev–Trinajstić information content (AvgIpc) is 3.03. The summed E-state index contributed by atoms with van der Waals surface area (Å²) in [5, 5.41) is 4.99. The predicted molar refractivity (Wildman–Crippen MR) is 103 cm³/mol. The van der Waals surface area contributed by atoms with Crippen LogP contribution >= 0.6 is 11.3 Å². The maximum absolute atomic E-state index is 12.5. The van der Waals surface area contributed by atoms with Crippen molar-refractivity contribution >= 4 is 44.1 Å². The van der Waals surface area contributed by atoms with Gasteiger partial charge in [-0.2, -0.15) is 0 Å². The highest BCUT2D eigenvalue weighted by Gasteiger charge is 2.12. The number of ether oxygens (including phenoxy) is 1. The van der Waals surface area contributed by atoms with Crippen LogP contribution in [0.15, 0.2) is 54.6 Å². The lowest BCUT2D eigenvalue weighted by Crippen LogP contribution is -2.09. The van der Waals surface area contributed by atoms with Crippen LogP contribution in [0.5, 0.6) is 5.75 Å². The number of carbonyl (C=O) groups excluding carboxylic acids is 1. The standard InChI is InChI=1S/C20H16N2O2S/c1-12-3-8-17-13(9-12)10-14-11-18(25-20(14)22-17)19(23)21-15-4-6-16(24-2)7-5-15/h3-11H,1-2H3,(H,21,23). The van der Waals surface area contributed by atoms with E-state index in [0.29, 0.717) is 4.88 Å². The third-order valence-corrected chi connectivity index (χ3v) is 5.07. The number of anilines is 1. The Morgan fingerprint density at radius 3 is 2.60 bits per heavy atom. The van der Waals surface area contributed by atoms with Crippen LogP contribution in [0.3, 0.4) is 0 Å². The molecule has 5 heteroatoms. The first-order chi connectivity index (χ1) is 12.1. The van der Waals surface area contributed by atoms with Crippen molar-refractivity contribution in [2.45, 2.75) is 6.92 Å². The zero-order valence-electron chi connectivity index (χ0n) is 13.9. The number of amides is 1. The van der Waals surface area contributed by atoms with Crippen LogP contribution in [0.2, 0.25) is 0 Å². The number of rotatable bonds is 3. The van der Waals surface area contributed by atoms with Crippen molar-refractivity contribution in [3.63, 3.8) is 0 Å². The molecule has 0 radical (unpaired) electrons. The third-order valence-electron chi connectivity index (χ3n) is 4.03. The molecule has 4 aromatic rings. The van der Waals surface area contributed by atoms with Crippen LogP contribution in [0, 0.1) is 6.92 Å². The Morgan fingerprint density at radius 1 is 1.04 bits per heavy atom. The fourth-order valence-electron chi connectivity index (χ4n) is 2.73. The van der Waals surface area contributed by atoms with Gasteiger partial charge in [-0.05, 0) is 55.5 Å². The van der Waals surface area contributed by atoms with E-state index >= 15 is 0 Å². The Labute approximate surface area is 149 Å². The highest BCUT2D eigenvalue weighted by atomic mass is 32.1. The summed E-state index contributed by atoms with van der Waals surface area (Å²) in [6.07, 6.45) is 0. The fourth-order valence-corrected chi connectivity index (χ4v) is 3.65. The summed E-state index contributed by atoms with van der Waals surface area (Å²) in [4.78, 5) is 18.7. The van der Waals surface area contributed by atoms with E-state index < -0.39 is 0 Å². The molecule has 1 N–H and O–H groups in total. The van der Waals surface area contributed by atoms with E-state index in [1.807, 2.05) is 42.5 Å². The minimum atomic E-state index is -0.131. The first kappa shape index (κ1) is 15.6. The van der Waals surface area contributed by atoms with Crippen molar-refractivity contribution in [1.29, 1.82) is 0 Å². The van der Waals surface area contributed by atoms with Gasteiger partial charge in [0.05, 0.1) is 17.5 Å². The normalized spacial score (nSPS) is 11.0. The van der Waals surface area contributed by atoms with Crippen molar-refractivity contribution in [1.82, 2.24) is 4.98 Å². The first-order valence-electron chi connectivity index (χ1n) is 7.89. The molecule has 4 rings (SSSR count). The summed E-state index contributed by atoms with van der Waals surface area (Å²) in [6, 6.07) is 17.4. The Balaban J connectivity index is 1.65. The SMILES string of the molecule is COc1ccc(NC(=O)c2cc3cc4cc(C)ccc4nc3s2)cc1. The van der Waals surface area contributed by atoms with Gasteiger partial charge >= 0.3 is 0 Å². The Morgan fingerprint density at radius 2 is 1.84 bits per heavy atom. The summed E-state index contributed by atoms with van der Waals surface area (Å²) in [6.45, 7) is 2.06. The van der Waals surface area contributed by atoms with Gasteiger partial charge in [-0.25, -0.2) is 4.98 Å². The lowest BCUT2D eigenvalue weighted by atomic mass is 10.1. The van der Waals surface area contributed by atoms with Crippen molar-refractivity contribution < 1.29 is 9.53 Å². The quantitative estimate of drug-likeness (QED) is 0.566. The Hall–Kier alpha value is -2.92. The number of nitrogens with one attached hydrogen (secondary N) is 1. The van der Waals surface area contributed by atoms with Gasteiger partial charge < -0.3 is 10.1 Å². The third kappa shape index (κ3) is 3.06. The van der Waals surface area contributed by atoms with Gasteiger partial charge in [0, 0.05) is 16.5 Å². The largest absolute Gasteiger partial charge is 0.497 e. The molecular formula is C20H16N2O2S. The summed E-state index contributed by atoms with van der Waals surface area (Å²) in [5.74, 6) is 0.624. The van der Waals surface area contributed by atoms with Gasteiger partial charge in [0.2, 0.25) is 0 Å². The fraction of sp³-hybridized carbons (Fsp3) is 0.100. The van der Waals surface area contributed by atoms with E-state index in [-0.39, 0.29) is 5.91 Å². The molecule has 0 bridgehead atoms. The van der Waals surface area contributed by atoms with Crippen molar-refractivity contribution in [3.05, 3.63) is 65.0 Å². The highest BCUT2D eigenvalue weighted by Crippen LogP contribution is 2.28. The zero-order chi connectivity index (χ0) is 17.4. The summed E-state index contributed by atoms with van der Waals surface area (Å²) in [5.41, 5.74) is 2.88. The van der Waals surface area contributed by atoms with E-state index in [1.54, 1.807) is 7.11 Å². The molecule has 0 unspecified atom stereocenters. The van der Waals surface area contributed by atoms with Crippen LogP contribution in [0.1, 0.15) is 15.2 Å². The number of methoxy groups -OCH3 is 1. The van der Waals surface area contributed by atoms with Gasteiger partial charge in [0.25, 0.3) is 5.91 Å². The molecule has 2 heterocycles. The lowest BCUT2D eigenvalue weighted by molar-refractivity contribution is 0.103. The smallest absolute Gasteiger partial charge is 0.265 e. The topological polar surface area (TPSA) is 51.2 Å². The maximum Gasteiger partial charge on any atom is 0.265 e.